The van der Waals surface area contributed by atoms with E-state index in [1.807, 2.05) is 24.3 Å². The van der Waals surface area contributed by atoms with E-state index < -0.39 is 0 Å². The number of halogens is 3. The van der Waals surface area contributed by atoms with Crippen LogP contribution in [0.4, 0.5) is 23.3 Å². The van der Waals surface area contributed by atoms with Crippen LogP contribution in [-0.2, 0) is 0 Å². The predicted molar refractivity (Wildman–Crippen MR) is 94.3 cm³/mol. The molecule has 3 aromatic rings. The van der Waals surface area contributed by atoms with Crippen molar-refractivity contribution >= 4 is 58.1 Å². The molecule has 0 aliphatic carbocycles. The maximum Gasteiger partial charge on any atom is 0.233 e. The van der Waals surface area contributed by atoms with E-state index in [2.05, 4.69) is 25.6 Å². The average Bonchev–Trinajstić information content (AvgIpc) is 2.51. The second-order valence-electron chi connectivity index (χ2n) is 4.46. The minimum Gasteiger partial charge on any atom is -0.323 e. The molecule has 0 bridgehead atoms. The van der Waals surface area contributed by atoms with Gasteiger partial charge in [-0.15, -0.1) is 0 Å². The minimum atomic E-state index is 0.0455. The van der Waals surface area contributed by atoms with Crippen molar-refractivity contribution in [3.05, 3.63) is 63.9 Å². The van der Waals surface area contributed by atoms with Gasteiger partial charge in [0, 0.05) is 0 Å². The van der Waals surface area contributed by atoms with Crippen LogP contribution in [-0.4, -0.2) is 15.0 Å². The van der Waals surface area contributed by atoms with Crippen molar-refractivity contribution in [3.8, 4) is 0 Å². The Morgan fingerprint density at radius 2 is 1.04 bits per heavy atom. The highest BCUT2D eigenvalue weighted by atomic mass is 35.5. The molecule has 0 unspecified atom stereocenters. The summed E-state index contributed by atoms with van der Waals surface area (Å²) in [6.07, 6.45) is 0. The highest BCUT2D eigenvalue weighted by molar-refractivity contribution is 6.33. The van der Waals surface area contributed by atoms with Crippen molar-refractivity contribution in [2.45, 2.75) is 0 Å². The van der Waals surface area contributed by atoms with Crippen LogP contribution in [0.5, 0.6) is 0 Å². The zero-order valence-electron chi connectivity index (χ0n) is 11.6. The number of benzene rings is 2. The third-order valence-corrected chi connectivity index (χ3v) is 3.68. The van der Waals surface area contributed by atoms with Crippen LogP contribution in [0.1, 0.15) is 0 Å². The number of nitrogens with one attached hydrogen (secondary N) is 2. The lowest BCUT2D eigenvalue weighted by Gasteiger charge is -2.10. The smallest absolute Gasteiger partial charge is 0.233 e. The van der Waals surface area contributed by atoms with Crippen LogP contribution in [0, 0.1) is 0 Å². The number of rotatable bonds is 4. The summed E-state index contributed by atoms with van der Waals surface area (Å²) in [5.41, 5.74) is 1.33. The topological polar surface area (TPSA) is 62.7 Å². The van der Waals surface area contributed by atoms with Gasteiger partial charge in [0.2, 0.25) is 17.2 Å². The standard InChI is InChI=1S/C15H10Cl3N5/c16-9-5-1-3-7-11(9)19-14-21-13(18)22-15(23-14)20-12-8-4-2-6-10(12)17/h1-8H,(H2,19,20,21,22,23). The van der Waals surface area contributed by atoms with Gasteiger partial charge in [-0.2, -0.15) is 15.0 Å². The van der Waals surface area contributed by atoms with Crippen molar-refractivity contribution < 1.29 is 0 Å². The maximum atomic E-state index is 6.10. The number of hydrogen-bond donors (Lipinski definition) is 2. The zero-order chi connectivity index (χ0) is 16.2. The predicted octanol–water partition coefficient (Wildman–Crippen LogP) is 5.32. The van der Waals surface area contributed by atoms with Crippen LogP contribution in [0.3, 0.4) is 0 Å². The summed E-state index contributed by atoms with van der Waals surface area (Å²) in [5, 5.41) is 7.14. The third kappa shape index (κ3) is 4.01. The van der Waals surface area contributed by atoms with Crippen molar-refractivity contribution in [2.24, 2.45) is 0 Å². The van der Waals surface area contributed by atoms with E-state index in [4.69, 9.17) is 34.8 Å². The summed E-state index contributed by atoms with van der Waals surface area (Å²) >= 11 is 18.2. The zero-order valence-corrected chi connectivity index (χ0v) is 13.9. The molecule has 0 amide bonds. The molecule has 5 nitrogen and oxygen atoms in total. The fourth-order valence-corrected chi connectivity index (χ4v) is 2.35. The number of nitrogens with zero attached hydrogens (tertiary/aromatic N) is 3. The van der Waals surface area contributed by atoms with Gasteiger partial charge in [0.1, 0.15) is 0 Å². The van der Waals surface area contributed by atoms with E-state index in [0.717, 1.165) is 0 Å². The van der Waals surface area contributed by atoms with E-state index in [-0.39, 0.29) is 17.2 Å². The highest BCUT2D eigenvalue weighted by Gasteiger charge is 2.08. The second kappa shape index (κ2) is 7.00. The first-order valence-electron chi connectivity index (χ1n) is 6.56. The molecule has 0 saturated carbocycles. The monoisotopic (exact) mass is 365 g/mol. The van der Waals surface area contributed by atoms with Crippen molar-refractivity contribution in [2.75, 3.05) is 10.6 Å². The molecule has 0 saturated heterocycles. The first kappa shape index (κ1) is 15.8. The Kier molecular flexibility index (Phi) is 4.81. The summed E-state index contributed by atoms with van der Waals surface area (Å²) in [5.74, 6) is 0.542. The van der Waals surface area contributed by atoms with Gasteiger partial charge in [0.15, 0.2) is 0 Å². The number of hydrogen-bond acceptors (Lipinski definition) is 5. The molecule has 1 aromatic heterocycles. The Morgan fingerprint density at radius 3 is 1.48 bits per heavy atom. The van der Waals surface area contributed by atoms with Crippen LogP contribution in [0.2, 0.25) is 15.3 Å². The maximum absolute atomic E-state index is 6.10. The molecular weight excluding hydrogens is 357 g/mol. The van der Waals surface area contributed by atoms with E-state index in [9.17, 15) is 0 Å². The molecule has 8 heteroatoms. The van der Waals surface area contributed by atoms with Crippen molar-refractivity contribution in [1.82, 2.24) is 15.0 Å². The van der Waals surface area contributed by atoms with Gasteiger partial charge in [0.25, 0.3) is 0 Å². The van der Waals surface area contributed by atoms with E-state index in [0.29, 0.717) is 21.4 Å². The Hall–Kier alpha value is -2.08. The summed E-state index contributed by atoms with van der Waals surface area (Å²) in [6.45, 7) is 0. The number of para-hydroxylation sites is 2. The number of aromatic nitrogens is 3. The molecule has 0 aliphatic rings. The minimum absolute atomic E-state index is 0.0455. The highest BCUT2D eigenvalue weighted by Crippen LogP contribution is 2.26. The molecule has 0 atom stereocenters. The quantitative estimate of drug-likeness (QED) is 0.654. The van der Waals surface area contributed by atoms with Crippen molar-refractivity contribution in [1.29, 1.82) is 0 Å². The summed E-state index contributed by atoms with van der Waals surface area (Å²) in [7, 11) is 0. The summed E-state index contributed by atoms with van der Waals surface area (Å²) in [4.78, 5) is 12.3. The lowest BCUT2D eigenvalue weighted by molar-refractivity contribution is 1.06. The first-order valence-corrected chi connectivity index (χ1v) is 7.70. The van der Waals surface area contributed by atoms with E-state index in [1.165, 1.54) is 0 Å². The molecule has 23 heavy (non-hydrogen) atoms. The largest absolute Gasteiger partial charge is 0.323 e. The van der Waals surface area contributed by atoms with Crippen LogP contribution < -0.4 is 10.6 Å². The Morgan fingerprint density at radius 1 is 0.609 bits per heavy atom. The molecule has 0 spiro atoms. The second-order valence-corrected chi connectivity index (χ2v) is 5.61. The molecule has 2 N–H and O–H groups in total. The molecule has 0 aliphatic heterocycles. The fourth-order valence-electron chi connectivity index (χ4n) is 1.83. The third-order valence-electron chi connectivity index (χ3n) is 2.85. The molecular formula is C15H10Cl3N5. The Balaban J connectivity index is 1.88. The lowest BCUT2D eigenvalue weighted by atomic mass is 10.3. The molecule has 116 valence electrons. The number of anilines is 4. The molecule has 0 fully saturated rings. The molecule has 0 radical (unpaired) electrons. The van der Waals surface area contributed by atoms with E-state index in [1.54, 1.807) is 24.3 Å². The lowest BCUT2D eigenvalue weighted by Crippen LogP contribution is -2.04. The average molecular weight is 367 g/mol. The molecule has 3 rings (SSSR count). The SMILES string of the molecule is Clc1nc(Nc2ccccc2Cl)nc(Nc2ccccc2Cl)n1. The van der Waals surface area contributed by atoms with Crippen LogP contribution in [0.25, 0.3) is 0 Å². The normalized spacial score (nSPS) is 10.4. The van der Waals surface area contributed by atoms with Crippen molar-refractivity contribution in [3.63, 3.8) is 0 Å². The first-order chi connectivity index (χ1) is 11.1. The molecule has 2 aromatic carbocycles. The van der Waals surface area contributed by atoms with Gasteiger partial charge < -0.3 is 10.6 Å². The van der Waals surface area contributed by atoms with Gasteiger partial charge in [-0.25, -0.2) is 0 Å². The Labute approximate surface area is 147 Å². The van der Waals surface area contributed by atoms with Gasteiger partial charge in [0.05, 0.1) is 21.4 Å². The van der Waals surface area contributed by atoms with Crippen LogP contribution >= 0.6 is 34.8 Å². The summed E-state index contributed by atoms with van der Waals surface area (Å²) < 4.78 is 0. The van der Waals surface area contributed by atoms with E-state index >= 15 is 0 Å². The Bertz CT molecular complexity index is 775. The van der Waals surface area contributed by atoms with Crippen LogP contribution in [0.15, 0.2) is 48.5 Å². The van der Waals surface area contributed by atoms with Gasteiger partial charge in [-0.1, -0.05) is 47.5 Å². The van der Waals surface area contributed by atoms with Gasteiger partial charge in [-0.05, 0) is 35.9 Å². The van der Waals surface area contributed by atoms with Gasteiger partial charge >= 0.3 is 0 Å². The van der Waals surface area contributed by atoms with Gasteiger partial charge in [-0.3, -0.25) is 0 Å². The molecule has 1 heterocycles. The fraction of sp³-hybridized carbons (Fsp3) is 0. The summed E-state index contributed by atoms with van der Waals surface area (Å²) in [6, 6.07) is 14.5.